The molecule has 0 aliphatic heterocycles. The number of aromatic amines is 1. The summed E-state index contributed by atoms with van der Waals surface area (Å²) in [4.78, 5) is 6.94. The van der Waals surface area contributed by atoms with Gasteiger partial charge in [0, 0.05) is 25.0 Å². The summed E-state index contributed by atoms with van der Waals surface area (Å²) in [6, 6.07) is 2.44. The molecule has 1 atom stereocenters. The monoisotopic (exact) mass is 205 g/mol. The molecule has 0 bridgehead atoms. The normalized spacial score (nSPS) is 12.9. The quantitative estimate of drug-likeness (QED) is 0.758. The van der Waals surface area contributed by atoms with E-state index in [0.717, 1.165) is 13.1 Å². The maximum Gasteiger partial charge on any atom is 0.137 e. The Morgan fingerprint density at radius 2 is 2.53 bits per heavy atom. The Morgan fingerprint density at radius 1 is 1.60 bits per heavy atom. The molecule has 2 aromatic rings. The number of nitrogens with one attached hydrogen (secondary N) is 2. The van der Waals surface area contributed by atoms with Crippen LogP contribution in [0, 0.1) is 0 Å². The van der Waals surface area contributed by atoms with Gasteiger partial charge < -0.3 is 10.3 Å². The van der Waals surface area contributed by atoms with Crippen LogP contribution in [0.5, 0.6) is 0 Å². The largest absolute Gasteiger partial charge is 0.367 e. The molecule has 5 heteroatoms. The van der Waals surface area contributed by atoms with Crippen LogP contribution in [0.2, 0.25) is 0 Å². The van der Waals surface area contributed by atoms with Gasteiger partial charge in [0.2, 0.25) is 0 Å². The standard InChI is InChI=1S/C10H15N5/c1-9(6-15-8-12-7-14-15)13-5-10-2-3-11-4-10/h2-4,7-9,11,13H,5-6H2,1H3. The number of H-pyrrole nitrogens is 1. The van der Waals surface area contributed by atoms with Crippen molar-refractivity contribution in [3.63, 3.8) is 0 Å². The van der Waals surface area contributed by atoms with Crippen molar-refractivity contribution < 1.29 is 0 Å². The molecule has 0 saturated carbocycles. The predicted octanol–water partition coefficient (Wildman–Crippen LogP) is 0.784. The van der Waals surface area contributed by atoms with E-state index in [2.05, 4.69) is 33.4 Å². The molecule has 0 aliphatic rings. The summed E-state index contributed by atoms with van der Waals surface area (Å²) in [6.07, 6.45) is 7.21. The Morgan fingerprint density at radius 3 is 3.20 bits per heavy atom. The lowest BCUT2D eigenvalue weighted by Gasteiger charge is -2.12. The van der Waals surface area contributed by atoms with Crippen molar-refractivity contribution in [3.8, 4) is 0 Å². The molecule has 0 aliphatic carbocycles. The fraction of sp³-hybridized carbons (Fsp3) is 0.400. The Bertz CT molecular complexity index is 364. The van der Waals surface area contributed by atoms with Gasteiger partial charge in [-0.05, 0) is 18.6 Å². The average Bonchev–Trinajstić information content (AvgIpc) is 2.86. The molecule has 0 aromatic carbocycles. The molecule has 0 spiro atoms. The van der Waals surface area contributed by atoms with Crippen molar-refractivity contribution in [2.24, 2.45) is 0 Å². The van der Waals surface area contributed by atoms with Gasteiger partial charge >= 0.3 is 0 Å². The highest BCUT2D eigenvalue weighted by Gasteiger charge is 2.02. The molecule has 80 valence electrons. The Balaban J connectivity index is 1.76. The zero-order chi connectivity index (χ0) is 10.5. The molecule has 2 heterocycles. The highest BCUT2D eigenvalue weighted by atomic mass is 15.3. The topological polar surface area (TPSA) is 58.5 Å². The molecule has 0 fully saturated rings. The second-order valence-electron chi connectivity index (χ2n) is 3.62. The molecule has 2 N–H and O–H groups in total. The molecule has 0 saturated heterocycles. The number of nitrogens with zero attached hydrogens (tertiary/aromatic N) is 3. The molecule has 0 amide bonds. The molecule has 5 nitrogen and oxygen atoms in total. The van der Waals surface area contributed by atoms with E-state index in [1.165, 1.54) is 5.56 Å². The first kappa shape index (κ1) is 9.92. The third kappa shape index (κ3) is 2.92. The first-order valence-corrected chi connectivity index (χ1v) is 5.02. The van der Waals surface area contributed by atoms with Crippen LogP contribution in [-0.2, 0) is 13.1 Å². The van der Waals surface area contributed by atoms with Crippen molar-refractivity contribution in [2.75, 3.05) is 0 Å². The molecule has 2 rings (SSSR count). The van der Waals surface area contributed by atoms with Gasteiger partial charge in [0.25, 0.3) is 0 Å². The Hall–Kier alpha value is -1.62. The molecular weight excluding hydrogens is 190 g/mol. The molecular formula is C10H15N5. The Labute approximate surface area is 88.5 Å². The Kier molecular flexibility index (Phi) is 3.14. The summed E-state index contributed by atoms with van der Waals surface area (Å²) < 4.78 is 1.83. The third-order valence-corrected chi connectivity index (χ3v) is 2.24. The fourth-order valence-corrected chi connectivity index (χ4v) is 1.43. The van der Waals surface area contributed by atoms with Crippen molar-refractivity contribution in [1.29, 1.82) is 0 Å². The van der Waals surface area contributed by atoms with E-state index in [9.17, 15) is 0 Å². The highest BCUT2D eigenvalue weighted by Crippen LogP contribution is 1.97. The summed E-state index contributed by atoms with van der Waals surface area (Å²) >= 11 is 0. The lowest BCUT2D eigenvalue weighted by molar-refractivity contribution is 0.450. The average molecular weight is 205 g/mol. The van der Waals surface area contributed by atoms with E-state index in [1.807, 2.05) is 17.1 Å². The molecule has 1 unspecified atom stereocenters. The lowest BCUT2D eigenvalue weighted by Crippen LogP contribution is -2.30. The molecule has 15 heavy (non-hydrogen) atoms. The van der Waals surface area contributed by atoms with Crippen LogP contribution in [0.15, 0.2) is 31.1 Å². The maximum atomic E-state index is 4.06. The van der Waals surface area contributed by atoms with Crippen molar-refractivity contribution >= 4 is 0 Å². The summed E-state index contributed by atoms with van der Waals surface area (Å²) in [5, 5.41) is 7.48. The van der Waals surface area contributed by atoms with Gasteiger partial charge in [-0.15, -0.1) is 0 Å². The van der Waals surface area contributed by atoms with E-state index in [4.69, 9.17) is 0 Å². The SMILES string of the molecule is CC(Cn1cncn1)NCc1cc[nH]c1. The number of rotatable bonds is 5. The summed E-state index contributed by atoms with van der Waals surface area (Å²) in [5.41, 5.74) is 1.26. The predicted molar refractivity (Wildman–Crippen MR) is 57.1 cm³/mol. The smallest absolute Gasteiger partial charge is 0.137 e. The van der Waals surface area contributed by atoms with Crippen LogP contribution < -0.4 is 5.32 Å². The van der Waals surface area contributed by atoms with Crippen LogP contribution in [0.1, 0.15) is 12.5 Å². The number of hydrogen-bond donors (Lipinski definition) is 2. The van der Waals surface area contributed by atoms with Gasteiger partial charge in [0.15, 0.2) is 0 Å². The summed E-state index contributed by atoms with van der Waals surface area (Å²) in [7, 11) is 0. The lowest BCUT2D eigenvalue weighted by atomic mass is 10.3. The number of aromatic nitrogens is 4. The minimum Gasteiger partial charge on any atom is -0.367 e. The second-order valence-corrected chi connectivity index (χ2v) is 3.62. The van der Waals surface area contributed by atoms with Crippen LogP contribution in [0.25, 0.3) is 0 Å². The van der Waals surface area contributed by atoms with Crippen molar-refractivity contribution in [3.05, 3.63) is 36.7 Å². The summed E-state index contributed by atoms with van der Waals surface area (Å²) in [6.45, 7) is 3.85. The van der Waals surface area contributed by atoms with E-state index in [-0.39, 0.29) is 0 Å². The van der Waals surface area contributed by atoms with Gasteiger partial charge in [-0.1, -0.05) is 0 Å². The molecule has 2 aromatic heterocycles. The fourth-order valence-electron chi connectivity index (χ4n) is 1.43. The van der Waals surface area contributed by atoms with Crippen molar-refractivity contribution in [2.45, 2.75) is 26.1 Å². The minimum atomic E-state index is 0.376. The highest BCUT2D eigenvalue weighted by molar-refractivity contribution is 5.07. The van der Waals surface area contributed by atoms with Gasteiger partial charge in [-0.2, -0.15) is 5.10 Å². The van der Waals surface area contributed by atoms with Gasteiger partial charge in [-0.25, -0.2) is 4.98 Å². The van der Waals surface area contributed by atoms with Crippen LogP contribution in [-0.4, -0.2) is 25.8 Å². The van der Waals surface area contributed by atoms with E-state index in [1.54, 1.807) is 12.7 Å². The van der Waals surface area contributed by atoms with Gasteiger partial charge in [-0.3, -0.25) is 4.68 Å². The first-order chi connectivity index (χ1) is 7.34. The van der Waals surface area contributed by atoms with Gasteiger partial charge in [0.1, 0.15) is 12.7 Å². The maximum absolute atomic E-state index is 4.06. The molecule has 0 radical (unpaired) electrons. The zero-order valence-corrected chi connectivity index (χ0v) is 8.72. The second kappa shape index (κ2) is 4.75. The van der Waals surface area contributed by atoms with E-state index in [0.29, 0.717) is 6.04 Å². The third-order valence-electron chi connectivity index (χ3n) is 2.24. The minimum absolute atomic E-state index is 0.376. The first-order valence-electron chi connectivity index (χ1n) is 5.02. The van der Waals surface area contributed by atoms with Crippen molar-refractivity contribution in [1.82, 2.24) is 25.1 Å². The number of hydrogen-bond acceptors (Lipinski definition) is 3. The summed E-state index contributed by atoms with van der Waals surface area (Å²) in [5.74, 6) is 0. The zero-order valence-electron chi connectivity index (χ0n) is 8.72. The van der Waals surface area contributed by atoms with Crippen LogP contribution in [0.3, 0.4) is 0 Å². The van der Waals surface area contributed by atoms with E-state index < -0.39 is 0 Å². The van der Waals surface area contributed by atoms with Gasteiger partial charge in [0.05, 0.1) is 6.54 Å². The van der Waals surface area contributed by atoms with E-state index >= 15 is 0 Å². The van der Waals surface area contributed by atoms with Crippen LogP contribution >= 0.6 is 0 Å². The van der Waals surface area contributed by atoms with Crippen LogP contribution in [0.4, 0.5) is 0 Å².